The molecule has 0 amide bonds. The molecular weight excluding hydrogens is 394 g/mol. The Kier molecular flexibility index (Phi) is 4.03. The molecule has 1 aliphatic rings. The highest BCUT2D eigenvalue weighted by molar-refractivity contribution is 5.99. The van der Waals surface area contributed by atoms with Crippen LogP contribution in [0.2, 0.25) is 0 Å². The predicted octanol–water partition coefficient (Wildman–Crippen LogP) is 5.95. The minimum atomic E-state index is -0.457. The number of fused-ring (bicyclic) bond motifs is 4. The number of anilines is 1. The van der Waals surface area contributed by atoms with Crippen molar-refractivity contribution in [1.29, 1.82) is 0 Å². The van der Waals surface area contributed by atoms with Crippen LogP contribution in [0, 0.1) is 37.3 Å². The molecule has 0 saturated heterocycles. The van der Waals surface area contributed by atoms with Gasteiger partial charge >= 0.3 is 0 Å². The van der Waals surface area contributed by atoms with Crippen LogP contribution in [0.15, 0.2) is 30.6 Å². The lowest BCUT2D eigenvalue weighted by Crippen LogP contribution is -2.36. The summed E-state index contributed by atoms with van der Waals surface area (Å²) < 4.78 is 32.2. The number of halogens is 2. The van der Waals surface area contributed by atoms with Crippen molar-refractivity contribution in [2.75, 3.05) is 5.32 Å². The monoisotopic (exact) mass is 416 g/mol. The SMILES string of the molecule is CC#Cc1c[nH]c2c(-c3c(F)cc4c(c3C)-n3c(C)cnc3C(C)(C)N4)cc(F)cc12. The van der Waals surface area contributed by atoms with Crippen molar-refractivity contribution in [3.8, 4) is 28.7 Å². The molecule has 0 saturated carbocycles. The molecule has 0 radical (unpaired) electrons. The van der Waals surface area contributed by atoms with Gasteiger partial charge in [0.2, 0.25) is 0 Å². The van der Waals surface area contributed by atoms with Crippen LogP contribution in [0.25, 0.3) is 27.7 Å². The van der Waals surface area contributed by atoms with E-state index in [0.717, 1.165) is 17.2 Å². The first-order valence-electron chi connectivity index (χ1n) is 10.1. The van der Waals surface area contributed by atoms with E-state index in [1.807, 2.05) is 33.9 Å². The largest absolute Gasteiger partial charge is 0.371 e. The van der Waals surface area contributed by atoms with Crippen LogP contribution >= 0.6 is 0 Å². The molecule has 2 aromatic carbocycles. The molecule has 0 atom stereocenters. The molecule has 156 valence electrons. The Labute approximate surface area is 179 Å². The van der Waals surface area contributed by atoms with Gasteiger partial charge in [0.1, 0.15) is 17.5 Å². The first-order chi connectivity index (χ1) is 14.7. The predicted molar refractivity (Wildman–Crippen MR) is 119 cm³/mol. The van der Waals surface area contributed by atoms with Crippen molar-refractivity contribution in [1.82, 2.24) is 14.5 Å². The van der Waals surface area contributed by atoms with Crippen molar-refractivity contribution < 1.29 is 8.78 Å². The van der Waals surface area contributed by atoms with Gasteiger partial charge in [-0.05, 0) is 58.4 Å². The Morgan fingerprint density at radius 2 is 1.90 bits per heavy atom. The van der Waals surface area contributed by atoms with E-state index in [1.54, 1.807) is 13.1 Å². The number of aromatic nitrogens is 3. The van der Waals surface area contributed by atoms with Gasteiger partial charge in [-0.25, -0.2) is 13.8 Å². The first kappa shape index (κ1) is 19.4. The maximum absolute atomic E-state index is 15.6. The third-order valence-electron chi connectivity index (χ3n) is 5.95. The number of nitrogens with zero attached hydrogens (tertiary/aromatic N) is 2. The Balaban J connectivity index is 1.85. The molecule has 4 nitrogen and oxygen atoms in total. The molecule has 6 heteroatoms. The molecule has 0 fully saturated rings. The molecule has 5 rings (SSSR count). The highest BCUT2D eigenvalue weighted by atomic mass is 19.1. The number of aromatic amines is 1. The molecule has 2 N–H and O–H groups in total. The zero-order valence-corrected chi connectivity index (χ0v) is 18.0. The van der Waals surface area contributed by atoms with Crippen LogP contribution in [-0.2, 0) is 5.54 Å². The number of nitrogens with one attached hydrogen (secondary N) is 2. The summed E-state index contributed by atoms with van der Waals surface area (Å²) in [6.45, 7) is 9.60. The average molecular weight is 416 g/mol. The minimum absolute atomic E-state index is 0.363. The van der Waals surface area contributed by atoms with E-state index in [0.29, 0.717) is 38.8 Å². The molecule has 0 aliphatic carbocycles. The fourth-order valence-corrected chi connectivity index (χ4v) is 4.67. The fraction of sp³-hybridized carbons (Fsp3) is 0.240. The van der Waals surface area contributed by atoms with Gasteiger partial charge in [0.15, 0.2) is 0 Å². The Bertz CT molecular complexity index is 1440. The standard InChI is InChI=1S/C25H22F2N4/c1-6-7-15-12-28-22-17(15)8-16(26)9-18(22)21-14(3)23-20(10-19(21)27)30-25(4,5)24-29-11-13(2)31(23)24/h8-12,28,30H,1-5H3. The quantitative estimate of drug-likeness (QED) is 0.377. The topological polar surface area (TPSA) is 45.6 Å². The van der Waals surface area contributed by atoms with Gasteiger partial charge < -0.3 is 10.3 Å². The third-order valence-corrected chi connectivity index (χ3v) is 5.95. The van der Waals surface area contributed by atoms with E-state index < -0.39 is 17.2 Å². The van der Waals surface area contributed by atoms with Gasteiger partial charge in [0.05, 0.1) is 22.4 Å². The third kappa shape index (κ3) is 2.70. The Morgan fingerprint density at radius 1 is 1.13 bits per heavy atom. The van der Waals surface area contributed by atoms with Crippen LogP contribution in [0.4, 0.5) is 14.5 Å². The summed E-state index contributed by atoms with van der Waals surface area (Å²) >= 11 is 0. The minimum Gasteiger partial charge on any atom is -0.371 e. The van der Waals surface area contributed by atoms with E-state index in [9.17, 15) is 4.39 Å². The van der Waals surface area contributed by atoms with Crippen molar-refractivity contribution in [3.63, 3.8) is 0 Å². The number of aryl methyl sites for hydroxylation is 1. The van der Waals surface area contributed by atoms with Gasteiger partial charge in [-0.2, -0.15) is 0 Å². The number of rotatable bonds is 1. The molecule has 2 aromatic heterocycles. The fourth-order valence-electron chi connectivity index (χ4n) is 4.67. The van der Waals surface area contributed by atoms with Gasteiger partial charge in [-0.15, -0.1) is 5.92 Å². The normalized spacial score (nSPS) is 13.9. The average Bonchev–Trinajstić information content (AvgIpc) is 3.26. The summed E-state index contributed by atoms with van der Waals surface area (Å²) in [6.07, 6.45) is 3.55. The number of benzene rings is 2. The van der Waals surface area contributed by atoms with Crippen molar-refractivity contribution in [2.24, 2.45) is 0 Å². The Morgan fingerprint density at radius 3 is 2.65 bits per heavy atom. The summed E-state index contributed by atoms with van der Waals surface area (Å²) in [6, 6.07) is 4.30. The second kappa shape index (κ2) is 6.45. The molecule has 3 heterocycles. The summed E-state index contributed by atoms with van der Waals surface area (Å²) in [5.74, 6) is 5.82. The van der Waals surface area contributed by atoms with Gasteiger partial charge in [-0.3, -0.25) is 4.57 Å². The lowest BCUT2D eigenvalue weighted by atomic mass is 9.92. The zero-order valence-electron chi connectivity index (χ0n) is 18.0. The van der Waals surface area contributed by atoms with Gasteiger partial charge in [0.25, 0.3) is 0 Å². The lowest BCUT2D eigenvalue weighted by molar-refractivity contribution is 0.534. The number of imidazole rings is 1. The van der Waals surface area contributed by atoms with E-state index in [4.69, 9.17) is 0 Å². The summed E-state index contributed by atoms with van der Waals surface area (Å²) in [5, 5.41) is 4.05. The Hall–Kier alpha value is -3.59. The van der Waals surface area contributed by atoms with Gasteiger partial charge in [0, 0.05) is 40.2 Å². The second-order valence-electron chi connectivity index (χ2n) is 8.52. The maximum atomic E-state index is 15.6. The molecule has 31 heavy (non-hydrogen) atoms. The molecule has 4 aromatic rings. The smallest absolute Gasteiger partial charge is 0.138 e. The lowest BCUT2D eigenvalue weighted by Gasteiger charge is -2.36. The van der Waals surface area contributed by atoms with Crippen LogP contribution in [0.3, 0.4) is 0 Å². The highest BCUT2D eigenvalue weighted by Gasteiger charge is 2.35. The summed E-state index contributed by atoms with van der Waals surface area (Å²) in [7, 11) is 0. The van der Waals surface area contributed by atoms with E-state index in [2.05, 4.69) is 31.7 Å². The second-order valence-corrected chi connectivity index (χ2v) is 8.52. The van der Waals surface area contributed by atoms with Crippen LogP contribution in [0.5, 0.6) is 0 Å². The molecule has 0 bridgehead atoms. The van der Waals surface area contributed by atoms with E-state index in [-0.39, 0.29) is 0 Å². The maximum Gasteiger partial charge on any atom is 0.138 e. The number of H-pyrrole nitrogens is 1. The van der Waals surface area contributed by atoms with Gasteiger partial charge in [-0.1, -0.05) is 5.92 Å². The zero-order chi connectivity index (χ0) is 22.1. The molecule has 1 aliphatic heterocycles. The first-order valence-corrected chi connectivity index (χ1v) is 10.1. The van der Waals surface area contributed by atoms with E-state index >= 15 is 4.39 Å². The molecule has 0 unspecified atom stereocenters. The van der Waals surface area contributed by atoms with E-state index in [1.165, 1.54) is 18.2 Å². The highest BCUT2D eigenvalue weighted by Crippen LogP contribution is 2.44. The summed E-state index contributed by atoms with van der Waals surface area (Å²) in [4.78, 5) is 7.76. The van der Waals surface area contributed by atoms with Crippen LogP contribution in [-0.4, -0.2) is 14.5 Å². The van der Waals surface area contributed by atoms with Crippen LogP contribution < -0.4 is 5.32 Å². The summed E-state index contributed by atoms with van der Waals surface area (Å²) in [5.41, 5.74) is 4.91. The van der Waals surface area contributed by atoms with Crippen molar-refractivity contribution in [3.05, 3.63) is 64.9 Å². The molecular formula is C25H22F2N4. The van der Waals surface area contributed by atoms with Crippen molar-refractivity contribution >= 4 is 16.6 Å². The van der Waals surface area contributed by atoms with Crippen LogP contribution in [0.1, 0.15) is 43.4 Å². The van der Waals surface area contributed by atoms with Crippen molar-refractivity contribution in [2.45, 2.75) is 40.2 Å². The number of hydrogen-bond donors (Lipinski definition) is 2. The molecule has 0 spiro atoms. The number of hydrogen-bond acceptors (Lipinski definition) is 2.